The Bertz CT molecular complexity index is 528. The molecule has 1 N–H and O–H groups in total. The SMILES string of the molecule is CCSCCC(C)NCc1cnc2cnc(Br)cn12. The molecular formula is C13H19BrN4S. The quantitative estimate of drug-likeness (QED) is 0.785. The summed E-state index contributed by atoms with van der Waals surface area (Å²) in [6.07, 6.45) is 6.83. The van der Waals surface area contributed by atoms with E-state index >= 15 is 0 Å². The molecule has 0 radical (unpaired) electrons. The Balaban J connectivity index is 1.92. The summed E-state index contributed by atoms with van der Waals surface area (Å²) in [5, 5.41) is 3.55. The van der Waals surface area contributed by atoms with Crippen LogP contribution in [-0.4, -0.2) is 31.9 Å². The van der Waals surface area contributed by atoms with E-state index in [2.05, 4.69) is 49.5 Å². The lowest BCUT2D eigenvalue weighted by atomic mass is 10.2. The smallest absolute Gasteiger partial charge is 0.155 e. The lowest BCUT2D eigenvalue weighted by molar-refractivity contribution is 0.531. The van der Waals surface area contributed by atoms with Crippen LogP contribution >= 0.6 is 27.7 Å². The highest BCUT2D eigenvalue weighted by Crippen LogP contribution is 2.11. The van der Waals surface area contributed by atoms with E-state index in [9.17, 15) is 0 Å². The molecule has 0 bridgehead atoms. The van der Waals surface area contributed by atoms with E-state index in [0.29, 0.717) is 6.04 Å². The maximum Gasteiger partial charge on any atom is 0.155 e. The summed E-state index contributed by atoms with van der Waals surface area (Å²) in [6, 6.07) is 0.523. The van der Waals surface area contributed by atoms with Gasteiger partial charge in [0.05, 0.1) is 18.1 Å². The van der Waals surface area contributed by atoms with Crippen LogP contribution in [0.4, 0.5) is 0 Å². The van der Waals surface area contributed by atoms with Crippen molar-refractivity contribution in [3.8, 4) is 0 Å². The van der Waals surface area contributed by atoms with Crippen LogP contribution in [-0.2, 0) is 6.54 Å². The zero-order valence-electron chi connectivity index (χ0n) is 11.3. The Hall–Kier alpha value is -0.590. The Kier molecular flexibility index (Phi) is 5.66. The number of halogens is 1. The van der Waals surface area contributed by atoms with Gasteiger partial charge in [-0.25, -0.2) is 9.97 Å². The molecule has 19 heavy (non-hydrogen) atoms. The molecule has 2 aromatic rings. The molecule has 0 saturated carbocycles. The maximum absolute atomic E-state index is 4.35. The van der Waals surface area contributed by atoms with Gasteiger partial charge in [-0.1, -0.05) is 6.92 Å². The number of rotatable bonds is 7. The minimum absolute atomic E-state index is 0.523. The fourth-order valence-electron chi connectivity index (χ4n) is 1.83. The van der Waals surface area contributed by atoms with Crippen LogP contribution in [0, 0.1) is 0 Å². The Morgan fingerprint density at radius 3 is 3.05 bits per heavy atom. The Morgan fingerprint density at radius 1 is 1.42 bits per heavy atom. The molecule has 0 fully saturated rings. The monoisotopic (exact) mass is 342 g/mol. The lowest BCUT2D eigenvalue weighted by Gasteiger charge is -2.13. The third kappa shape index (κ3) is 4.19. The molecular weight excluding hydrogens is 324 g/mol. The number of aromatic nitrogens is 3. The van der Waals surface area contributed by atoms with Crippen LogP contribution in [0.1, 0.15) is 26.0 Å². The van der Waals surface area contributed by atoms with Crippen LogP contribution in [0.5, 0.6) is 0 Å². The highest BCUT2D eigenvalue weighted by molar-refractivity contribution is 9.10. The van der Waals surface area contributed by atoms with Crippen molar-refractivity contribution in [1.82, 2.24) is 19.7 Å². The predicted octanol–water partition coefficient (Wildman–Crippen LogP) is 3.11. The van der Waals surface area contributed by atoms with Crippen molar-refractivity contribution < 1.29 is 0 Å². The van der Waals surface area contributed by atoms with Crippen LogP contribution in [0.3, 0.4) is 0 Å². The molecule has 0 aromatic carbocycles. The molecule has 1 unspecified atom stereocenters. The standard InChI is InChI=1S/C13H19BrN4S/c1-3-19-5-4-10(2)15-6-11-7-17-13-8-16-12(14)9-18(11)13/h7-10,15H,3-6H2,1-2H3. The highest BCUT2D eigenvalue weighted by atomic mass is 79.9. The van der Waals surface area contributed by atoms with Gasteiger partial charge in [0.15, 0.2) is 5.65 Å². The molecule has 0 aliphatic carbocycles. The summed E-state index contributed by atoms with van der Waals surface area (Å²) in [5.41, 5.74) is 2.04. The summed E-state index contributed by atoms with van der Waals surface area (Å²) in [4.78, 5) is 8.52. The normalized spacial score (nSPS) is 13.0. The molecule has 2 heterocycles. The van der Waals surface area contributed by atoms with E-state index in [1.54, 1.807) is 6.20 Å². The highest BCUT2D eigenvalue weighted by Gasteiger charge is 2.06. The number of hydrogen-bond acceptors (Lipinski definition) is 4. The second-order valence-electron chi connectivity index (χ2n) is 4.46. The third-order valence-corrected chi connectivity index (χ3v) is 4.31. The van der Waals surface area contributed by atoms with Gasteiger partial charge in [-0.2, -0.15) is 11.8 Å². The lowest BCUT2D eigenvalue weighted by Crippen LogP contribution is -2.26. The van der Waals surface area contributed by atoms with Gasteiger partial charge in [-0.15, -0.1) is 0 Å². The van der Waals surface area contributed by atoms with Gasteiger partial charge in [0.25, 0.3) is 0 Å². The fraction of sp³-hybridized carbons (Fsp3) is 0.538. The second kappa shape index (κ2) is 7.26. The largest absolute Gasteiger partial charge is 0.309 e. The number of thioether (sulfide) groups is 1. The van der Waals surface area contributed by atoms with Crippen LogP contribution in [0.25, 0.3) is 5.65 Å². The van der Waals surface area contributed by atoms with Crippen LogP contribution in [0.2, 0.25) is 0 Å². The van der Waals surface area contributed by atoms with E-state index in [0.717, 1.165) is 22.5 Å². The molecule has 2 rings (SSSR count). The molecule has 0 amide bonds. The summed E-state index contributed by atoms with van der Waals surface area (Å²) >= 11 is 5.38. The average Bonchev–Trinajstić information content (AvgIpc) is 2.79. The van der Waals surface area contributed by atoms with Crippen molar-refractivity contribution in [1.29, 1.82) is 0 Å². The topological polar surface area (TPSA) is 42.2 Å². The number of fused-ring (bicyclic) bond motifs is 1. The minimum Gasteiger partial charge on any atom is -0.309 e. The van der Waals surface area contributed by atoms with Crippen molar-refractivity contribution in [3.63, 3.8) is 0 Å². The molecule has 2 aromatic heterocycles. The van der Waals surface area contributed by atoms with E-state index in [1.165, 1.54) is 17.9 Å². The number of nitrogens with one attached hydrogen (secondary N) is 1. The minimum atomic E-state index is 0.523. The van der Waals surface area contributed by atoms with Gasteiger partial charge in [-0.05, 0) is 40.8 Å². The van der Waals surface area contributed by atoms with Crippen molar-refractivity contribution in [3.05, 3.63) is 28.9 Å². The molecule has 4 nitrogen and oxygen atoms in total. The van der Waals surface area contributed by atoms with Crippen LogP contribution < -0.4 is 5.32 Å². The third-order valence-electron chi connectivity index (χ3n) is 2.97. The first-order chi connectivity index (χ1) is 9.20. The van der Waals surface area contributed by atoms with Crippen molar-refractivity contribution >= 4 is 33.3 Å². The van der Waals surface area contributed by atoms with Gasteiger partial charge < -0.3 is 5.32 Å². The van der Waals surface area contributed by atoms with Gasteiger partial charge in [-0.3, -0.25) is 4.40 Å². The van der Waals surface area contributed by atoms with Gasteiger partial charge in [0.2, 0.25) is 0 Å². The average molecular weight is 343 g/mol. The number of hydrogen-bond donors (Lipinski definition) is 1. The first-order valence-corrected chi connectivity index (χ1v) is 8.44. The summed E-state index contributed by atoms with van der Waals surface area (Å²) in [7, 11) is 0. The molecule has 0 spiro atoms. The molecule has 0 aliphatic rings. The van der Waals surface area contributed by atoms with E-state index in [-0.39, 0.29) is 0 Å². The summed E-state index contributed by atoms with van der Waals surface area (Å²) in [6.45, 7) is 5.26. The first kappa shape index (κ1) is 14.8. The number of nitrogens with zero attached hydrogens (tertiary/aromatic N) is 3. The Labute approximate surface area is 126 Å². The molecule has 1 atom stereocenters. The first-order valence-electron chi connectivity index (χ1n) is 6.49. The second-order valence-corrected chi connectivity index (χ2v) is 6.66. The van der Waals surface area contributed by atoms with Crippen LogP contribution in [0.15, 0.2) is 23.2 Å². The van der Waals surface area contributed by atoms with Crippen molar-refractivity contribution in [2.45, 2.75) is 32.9 Å². The Morgan fingerprint density at radius 2 is 2.26 bits per heavy atom. The number of imidazole rings is 1. The molecule has 0 aliphatic heterocycles. The van der Waals surface area contributed by atoms with Crippen molar-refractivity contribution in [2.75, 3.05) is 11.5 Å². The van der Waals surface area contributed by atoms with E-state index < -0.39 is 0 Å². The fourth-order valence-corrected chi connectivity index (χ4v) is 2.95. The van der Waals surface area contributed by atoms with E-state index in [1.807, 2.05) is 24.2 Å². The molecule has 104 valence electrons. The summed E-state index contributed by atoms with van der Waals surface area (Å²) in [5.74, 6) is 2.41. The molecule has 6 heteroatoms. The van der Waals surface area contributed by atoms with Crippen molar-refractivity contribution in [2.24, 2.45) is 0 Å². The predicted molar refractivity (Wildman–Crippen MR) is 84.6 cm³/mol. The maximum atomic E-state index is 4.35. The molecule has 0 saturated heterocycles. The van der Waals surface area contributed by atoms with Gasteiger partial charge in [0.1, 0.15) is 4.60 Å². The van der Waals surface area contributed by atoms with E-state index in [4.69, 9.17) is 0 Å². The van der Waals surface area contributed by atoms with Gasteiger partial charge >= 0.3 is 0 Å². The zero-order valence-corrected chi connectivity index (χ0v) is 13.7. The zero-order chi connectivity index (χ0) is 13.7. The summed E-state index contributed by atoms with van der Waals surface area (Å²) < 4.78 is 2.89. The van der Waals surface area contributed by atoms with Gasteiger partial charge in [0, 0.05) is 18.8 Å².